The van der Waals surface area contributed by atoms with Crippen molar-refractivity contribution in [3.63, 3.8) is 0 Å². The van der Waals surface area contributed by atoms with Crippen LogP contribution in [0.2, 0.25) is 0 Å². The van der Waals surface area contributed by atoms with E-state index in [-0.39, 0.29) is 18.2 Å². The lowest BCUT2D eigenvalue weighted by Gasteiger charge is -2.10. The van der Waals surface area contributed by atoms with Crippen LogP contribution in [0.4, 0.5) is 13.2 Å². The lowest BCUT2D eigenvalue weighted by Crippen LogP contribution is -2.26. The van der Waals surface area contributed by atoms with Crippen LogP contribution >= 0.6 is 0 Å². The number of nitrogens with one attached hydrogen (secondary N) is 1. The standard InChI is InChI=1S/C14H14F3NO4/c15-14(16,17)7-22-9-3-1-2-8(4-9)6-18-12(19)10-5-11(10)13(20)21/h1-4,10-11H,5-7H2,(H,18,19)(H,20,21)/t10-,11-/m1/s1. The number of carbonyl (C=O) groups excluding carboxylic acids is 1. The molecule has 0 saturated heterocycles. The Morgan fingerprint density at radius 3 is 2.64 bits per heavy atom. The number of aliphatic carboxylic acids is 1. The number of halogens is 3. The van der Waals surface area contributed by atoms with E-state index in [0.29, 0.717) is 12.0 Å². The van der Waals surface area contributed by atoms with Crippen molar-refractivity contribution in [1.82, 2.24) is 5.32 Å². The Labute approximate surface area is 124 Å². The number of alkyl halides is 3. The SMILES string of the molecule is O=C(O)[C@@H]1C[C@H]1C(=O)NCc1cccc(OCC(F)(F)F)c1. The van der Waals surface area contributed by atoms with E-state index in [4.69, 9.17) is 5.11 Å². The van der Waals surface area contributed by atoms with Gasteiger partial charge < -0.3 is 15.2 Å². The van der Waals surface area contributed by atoms with Gasteiger partial charge >= 0.3 is 12.1 Å². The molecule has 0 spiro atoms. The Bertz CT molecular complexity index is 573. The summed E-state index contributed by atoms with van der Waals surface area (Å²) in [6, 6.07) is 5.93. The van der Waals surface area contributed by atoms with Gasteiger partial charge in [0.2, 0.25) is 5.91 Å². The number of amides is 1. The summed E-state index contributed by atoms with van der Waals surface area (Å²) in [7, 11) is 0. The molecule has 0 bridgehead atoms. The van der Waals surface area contributed by atoms with E-state index in [2.05, 4.69) is 10.1 Å². The van der Waals surface area contributed by atoms with Crippen LogP contribution in [0.1, 0.15) is 12.0 Å². The number of benzene rings is 1. The summed E-state index contributed by atoms with van der Waals surface area (Å²) in [5, 5.41) is 11.3. The Morgan fingerprint density at radius 2 is 2.05 bits per heavy atom. The first-order valence-electron chi connectivity index (χ1n) is 6.55. The van der Waals surface area contributed by atoms with Gasteiger partial charge in [-0.25, -0.2) is 0 Å². The Kier molecular flexibility index (Phi) is 4.58. The third-order valence-corrected chi connectivity index (χ3v) is 3.21. The highest BCUT2D eigenvalue weighted by molar-refractivity contribution is 5.89. The molecule has 1 amide bonds. The van der Waals surface area contributed by atoms with Crippen molar-refractivity contribution in [1.29, 1.82) is 0 Å². The number of rotatable bonds is 6. The molecule has 5 nitrogen and oxygen atoms in total. The Hall–Kier alpha value is -2.25. The minimum absolute atomic E-state index is 0.0545. The highest BCUT2D eigenvalue weighted by atomic mass is 19.4. The first kappa shape index (κ1) is 16.1. The molecule has 1 aliphatic rings. The summed E-state index contributed by atoms with van der Waals surface area (Å²) >= 11 is 0. The molecule has 2 atom stereocenters. The van der Waals surface area contributed by atoms with E-state index in [1.54, 1.807) is 6.07 Å². The van der Waals surface area contributed by atoms with Crippen molar-refractivity contribution >= 4 is 11.9 Å². The zero-order valence-electron chi connectivity index (χ0n) is 11.4. The Morgan fingerprint density at radius 1 is 1.32 bits per heavy atom. The van der Waals surface area contributed by atoms with Gasteiger partial charge in [-0.2, -0.15) is 13.2 Å². The highest BCUT2D eigenvalue weighted by Gasteiger charge is 2.48. The molecule has 0 aromatic heterocycles. The van der Waals surface area contributed by atoms with Crippen LogP contribution in [-0.2, 0) is 16.1 Å². The molecular formula is C14H14F3NO4. The molecule has 2 rings (SSSR count). The van der Waals surface area contributed by atoms with E-state index < -0.39 is 30.6 Å². The number of carboxylic acids is 1. The lowest BCUT2D eigenvalue weighted by atomic mass is 10.2. The van der Waals surface area contributed by atoms with Crippen LogP contribution in [0.3, 0.4) is 0 Å². The largest absolute Gasteiger partial charge is 0.484 e. The van der Waals surface area contributed by atoms with Gasteiger partial charge in [0, 0.05) is 6.54 Å². The third-order valence-electron chi connectivity index (χ3n) is 3.21. The molecule has 0 heterocycles. The maximum Gasteiger partial charge on any atom is 0.422 e. The molecular weight excluding hydrogens is 303 g/mol. The van der Waals surface area contributed by atoms with Crippen LogP contribution in [-0.4, -0.2) is 29.8 Å². The predicted octanol–water partition coefficient (Wildman–Crippen LogP) is 1.96. The van der Waals surface area contributed by atoms with Gasteiger partial charge in [-0.1, -0.05) is 12.1 Å². The summed E-state index contributed by atoms with van der Waals surface area (Å²) in [6.45, 7) is -1.28. The van der Waals surface area contributed by atoms with Crippen LogP contribution in [0.25, 0.3) is 0 Å². The number of hydrogen-bond donors (Lipinski definition) is 2. The summed E-state index contributed by atoms with van der Waals surface area (Å²) < 4.78 is 40.8. The highest BCUT2D eigenvalue weighted by Crippen LogP contribution is 2.38. The van der Waals surface area contributed by atoms with E-state index in [0.717, 1.165) is 0 Å². The normalized spacial score (nSPS) is 20.3. The summed E-state index contributed by atoms with van der Waals surface area (Å²) in [5.41, 5.74) is 0.570. The predicted molar refractivity (Wildman–Crippen MR) is 69.1 cm³/mol. The number of ether oxygens (including phenoxy) is 1. The second-order valence-electron chi connectivity index (χ2n) is 5.06. The smallest absolute Gasteiger partial charge is 0.422 e. The third kappa shape index (κ3) is 4.64. The van der Waals surface area contributed by atoms with Gasteiger partial charge in [0.25, 0.3) is 0 Å². The molecule has 0 unspecified atom stereocenters. The summed E-state index contributed by atoms with van der Waals surface area (Å²) in [5.74, 6) is -2.47. The summed E-state index contributed by atoms with van der Waals surface area (Å²) in [4.78, 5) is 22.3. The zero-order chi connectivity index (χ0) is 16.3. The molecule has 1 aliphatic carbocycles. The van der Waals surface area contributed by atoms with Gasteiger partial charge in [0.05, 0.1) is 11.8 Å². The van der Waals surface area contributed by atoms with Gasteiger partial charge in [-0.05, 0) is 24.1 Å². The van der Waals surface area contributed by atoms with Crippen molar-refractivity contribution in [3.8, 4) is 5.75 Å². The number of carbonyl (C=O) groups is 2. The van der Waals surface area contributed by atoms with E-state index in [9.17, 15) is 22.8 Å². The number of carboxylic acid groups (broad SMARTS) is 1. The molecule has 8 heteroatoms. The monoisotopic (exact) mass is 317 g/mol. The van der Waals surface area contributed by atoms with Crippen LogP contribution in [0.5, 0.6) is 5.75 Å². The maximum absolute atomic E-state index is 12.1. The fourth-order valence-electron chi connectivity index (χ4n) is 1.99. The van der Waals surface area contributed by atoms with Crippen molar-refractivity contribution < 1.29 is 32.6 Å². The molecule has 1 aromatic rings. The van der Waals surface area contributed by atoms with Crippen LogP contribution < -0.4 is 10.1 Å². The molecule has 120 valence electrons. The first-order chi connectivity index (χ1) is 10.3. The van der Waals surface area contributed by atoms with Gasteiger partial charge in [-0.3, -0.25) is 9.59 Å². The van der Waals surface area contributed by atoms with Crippen LogP contribution in [0, 0.1) is 11.8 Å². The van der Waals surface area contributed by atoms with Crippen molar-refractivity contribution in [2.75, 3.05) is 6.61 Å². The van der Waals surface area contributed by atoms with E-state index in [1.807, 2.05) is 0 Å². The quantitative estimate of drug-likeness (QED) is 0.841. The molecule has 1 fully saturated rings. The average molecular weight is 317 g/mol. The van der Waals surface area contributed by atoms with E-state index in [1.165, 1.54) is 18.2 Å². The van der Waals surface area contributed by atoms with Crippen LogP contribution in [0.15, 0.2) is 24.3 Å². The van der Waals surface area contributed by atoms with Crippen molar-refractivity contribution in [3.05, 3.63) is 29.8 Å². The van der Waals surface area contributed by atoms with Gasteiger partial charge in [-0.15, -0.1) is 0 Å². The second-order valence-corrected chi connectivity index (χ2v) is 5.06. The average Bonchev–Trinajstić information content (AvgIpc) is 3.23. The minimum Gasteiger partial charge on any atom is -0.484 e. The fourth-order valence-corrected chi connectivity index (χ4v) is 1.99. The van der Waals surface area contributed by atoms with E-state index >= 15 is 0 Å². The minimum atomic E-state index is -4.41. The first-order valence-corrected chi connectivity index (χ1v) is 6.55. The van der Waals surface area contributed by atoms with Gasteiger partial charge in [0.15, 0.2) is 6.61 Å². The van der Waals surface area contributed by atoms with Crippen molar-refractivity contribution in [2.45, 2.75) is 19.1 Å². The molecule has 0 aliphatic heterocycles. The molecule has 1 saturated carbocycles. The molecule has 22 heavy (non-hydrogen) atoms. The van der Waals surface area contributed by atoms with Crippen molar-refractivity contribution in [2.24, 2.45) is 11.8 Å². The maximum atomic E-state index is 12.1. The zero-order valence-corrected chi connectivity index (χ0v) is 11.4. The number of hydrogen-bond acceptors (Lipinski definition) is 3. The summed E-state index contributed by atoms with van der Waals surface area (Å²) in [6.07, 6.45) is -4.10. The topological polar surface area (TPSA) is 75.6 Å². The molecule has 1 aromatic carbocycles. The van der Waals surface area contributed by atoms with Gasteiger partial charge in [0.1, 0.15) is 5.75 Å². The Balaban J connectivity index is 1.83. The fraction of sp³-hybridized carbons (Fsp3) is 0.429. The molecule has 0 radical (unpaired) electrons. The lowest BCUT2D eigenvalue weighted by molar-refractivity contribution is -0.153. The molecule has 2 N–H and O–H groups in total. The second kappa shape index (κ2) is 6.25.